The van der Waals surface area contributed by atoms with Crippen molar-refractivity contribution >= 4 is 23.1 Å². The van der Waals surface area contributed by atoms with Crippen LogP contribution in [0.1, 0.15) is 31.4 Å². The van der Waals surface area contributed by atoms with Crippen LogP contribution in [0.4, 0.5) is 17.2 Å². The van der Waals surface area contributed by atoms with Crippen molar-refractivity contribution in [3.8, 4) is 0 Å². The summed E-state index contributed by atoms with van der Waals surface area (Å²) >= 11 is 0. The molecule has 0 unspecified atom stereocenters. The van der Waals surface area contributed by atoms with Gasteiger partial charge in [0.05, 0.1) is 5.69 Å². The third kappa shape index (κ3) is 2.47. The van der Waals surface area contributed by atoms with Gasteiger partial charge in [0.15, 0.2) is 0 Å². The van der Waals surface area contributed by atoms with E-state index in [2.05, 4.69) is 9.97 Å². The molecule has 2 aromatic heterocycles. The topological polar surface area (TPSA) is 72.1 Å². The predicted molar refractivity (Wildman–Crippen MR) is 77.7 cm³/mol. The molecule has 1 fully saturated rings. The van der Waals surface area contributed by atoms with E-state index in [0.717, 1.165) is 11.4 Å². The number of nitrogen functional groups attached to an aromatic ring is 1. The molecule has 1 aliphatic carbocycles. The fourth-order valence-corrected chi connectivity index (χ4v) is 2.21. The van der Waals surface area contributed by atoms with E-state index < -0.39 is 0 Å². The molecule has 1 amide bonds. The van der Waals surface area contributed by atoms with Crippen molar-refractivity contribution in [2.75, 3.05) is 10.6 Å². The van der Waals surface area contributed by atoms with Crippen molar-refractivity contribution in [2.45, 2.75) is 25.7 Å². The molecule has 2 N–H and O–H groups in total. The smallest absolute Gasteiger partial charge is 0.229 e. The molecule has 0 bridgehead atoms. The Kier molecular flexibility index (Phi) is 3.10. The number of carbonyl (C=O) groups is 1. The molecule has 0 aromatic carbocycles. The Morgan fingerprint density at radius 2 is 2.00 bits per heavy atom. The zero-order valence-electron chi connectivity index (χ0n) is 11.3. The van der Waals surface area contributed by atoms with Crippen LogP contribution in [0.5, 0.6) is 0 Å². The molecule has 2 heterocycles. The van der Waals surface area contributed by atoms with E-state index in [-0.39, 0.29) is 5.91 Å². The molecule has 0 spiro atoms. The van der Waals surface area contributed by atoms with Gasteiger partial charge in [0.25, 0.3) is 0 Å². The van der Waals surface area contributed by atoms with Crippen LogP contribution in [-0.2, 0) is 4.79 Å². The molecule has 0 radical (unpaired) electrons. The Morgan fingerprint density at radius 1 is 1.25 bits per heavy atom. The first-order valence-electron chi connectivity index (χ1n) is 6.63. The summed E-state index contributed by atoms with van der Waals surface area (Å²) in [6.45, 7) is 1.52. The van der Waals surface area contributed by atoms with E-state index in [1.807, 2.05) is 12.1 Å². The molecular formula is C15H16N4O. The minimum atomic E-state index is -0.101. The van der Waals surface area contributed by atoms with Crippen molar-refractivity contribution in [1.82, 2.24) is 9.97 Å². The van der Waals surface area contributed by atoms with E-state index in [9.17, 15) is 4.79 Å². The van der Waals surface area contributed by atoms with Crippen LogP contribution in [-0.4, -0.2) is 15.9 Å². The maximum absolute atomic E-state index is 12.0. The number of anilines is 3. The van der Waals surface area contributed by atoms with E-state index in [0.29, 0.717) is 17.4 Å². The zero-order valence-corrected chi connectivity index (χ0v) is 11.3. The number of hydrogen-bond acceptors (Lipinski definition) is 4. The standard InChI is InChI=1S/C15H16N4O/c1-10(20)19(15-8-12(16)4-6-18-15)13-5-7-17-14(9-13)11-2-3-11/h4-9,11H,2-3H2,1H3,(H2,16,18). The van der Waals surface area contributed by atoms with E-state index in [1.165, 1.54) is 19.8 Å². The second-order valence-corrected chi connectivity index (χ2v) is 5.01. The SMILES string of the molecule is CC(=O)N(c1ccnc(C2CC2)c1)c1cc(N)ccn1. The number of carbonyl (C=O) groups excluding carboxylic acids is 1. The largest absolute Gasteiger partial charge is 0.399 e. The number of amides is 1. The molecular weight excluding hydrogens is 252 g/mol. The third-order valence-electron chi connectivity index (χ3n) is 3.33. The fraction of sp³-hybridized carbons (Fsp3) is 0.267. The van der Waals surface area contributed by atoms with Gasteiger partial charge in [0.2, 0.25) is 5.91 Å². The van der Waals surface area contributed by atoms with Crippen molar-refractivity contribution in [3.63, 3.8) is 0 Å². The molecule has 0 atom stereocenters. The van der Waals surface area contributed by atoms with Crippen LogP contribution in [0.3, 0.4) is 0 Å². The second kappa shape index (κ2) is 4.92. The highest BCUT2D eigenvalue weighted by Gasteiger charge is 2.26. The number of aromatic nitrogens is 2. The maximum Gasteiger partial charge on any atom is 0.229 e. The van der Waals surface area contributed by atoms with Gasteiger partial charge in [-0.2, -0.15) is 0 Å². The van der Waals surface area contributed by atoms with Gasteiger partial charge in [-0.1, -0.05) is 0 Å². The minimum Gasteiger partial charge on any atom is -0.399 e. The number of nitrogens with zero attached hydrogens (tertiary/aromatic N) is 3. The zero-order chi connectivity index (χ0) is 14.1. The summed E-state index contributed by atoms with van der Waals surface area (Å²) in [6, 6.07) is 7.17. The number of hydrogen-bond donors (Lipinski definition) is 1. The Hall–Kier alpha value is -2.43. The fourth-order valence-electron chi connectivity index (χ4n) is 2.21. The predicted octanol–water partition coefficient (Wildman–Crippen LogP) is 2.62. The first kappa shape index (κ1) is 12.6. The lowest BCUT2D eigenvalue weighted by Crippen LogP contribution is -2.24. The summed E-state index contributed by atoms with van der Waals surface area (Å²) < 4.78 is 0. The molecule has 2 aromatic rings. The van der Waals surface area contributed by atoms with Gasteiger partial charge < -0.3 is 5.73 Å². The lowest BCUT2D eigenvalue weighted by atomic mass is 10.2. The third-order valence-corrected chi connectivity index (χ3v) is 3.33. The van der Waals surface area contributed by atoms with Crippen LogP contribution in [0.25, 0.3) is 0 Å². The highest BCUT2D eigenvalue weighted by Crippen LogP contribution is 2.40. The van der Waals surface area contributed by atoms with E-state index in [4.69, 9.17) is 5.73 Å². The lowest BCUT2D eigenvalue weighted by molar-refractivity contribution is -0.115. The lowest BCUT2D eigenvalue weighted by Gasteiger charge is -2.20. The van der Waals surface area contributed by atoms with Gasteiger partial charge >= 0.3 is 0 Å². The van der Waals surface area contributed by atoms with Crippen LogP contribution in [0.15, 0.2) is 36.7 Å². The van der Waals surface area contributed by atoms with E-state index in [1.54, 1.807) is 29.4 Å². The Bertz CT molecular complexity index is 652. The molecule has 1 saturated carbocycles. The van der Waals surface area contributed by atoms with Crippen molar-refractivity contribution < 1.29 is 4.79 Å². The van der Waals surface area contributed by atoms with Crippen LogP contribution < -0.4 is 10.6 Å². The monoisotopic (exact) mass is 268 g/mol. The molecule has 0 saturated heterocycles. The summed E-state index contributed by atoms with van der Waals surface area (Å²) in [4.78, 5) is 22.1. The molecule has 5 heteroatoms. The first-order valence-corrected chi connectivity index (χ1v) is 6.63. The summed E-state index contributed by atoms with van der Waals surface area (Å²) in [5.41, 5.74) is 8.18. The molecule has 20 heavy (non-hydrogen) atoms. The van der Waals surface area contributed by atoms with Gasteiger partial charge in [0, 0.05) is 42.7 Å². The number of nitrogens with two attached hydrogens (primary N) is 1. The molecule has 1 aliphatic rings. The highest BCUT2D eigenvalue weighted by atomic mass is 16.2. The number of pyridine rings is 2. The quantitative estimate of drug-likeness (QED) is 0.928. The van der Waals surface area contributed by atoms with Crippen LogP contribution in [0, 0.1) is 0 Å². The normalized spacial score (nSPS) is 14.1. The van der Waals surface area contributed by atoms with Gasteiger partial charge in [0.1, 0.15) is 5.82 Å². The van der Waals surface area contributed by atoms with Gasteiger partial charge in [-0.3, -0.25) is 14.7 Å². The maximum atomic E-state index is 12.0. The van der Waals surface area contributed by atoms with Crippen LogP contribution in [0.2, 0.25) is 0 Å². The number of rotatable bonds is 3. The van der Waals surface area contributed by atoms with Crippen molar-refractivity contribution in [3.05, 3.63) is 42.4 Å². The summed E-state index contributed by atoms with van der Waals surface area (Å²) in [5.74, 6) is 0.971. The Balaban J connectivity index is 2.02. The van der Waals surface area contributed by atoms with Gasteiger partial charge in [-0.15, -0.1) is 0 Å². The Labute approximate surface area is 117 Å². The summed E-state index contributed by atoms with van der Waals surface area (Å²) in [7, 11) is 0. The minimum absolute atomic E-state index is 0.101. The molecule has 102 valence electrons. The average molecular weight is 268 g/mol. The van der Waals surface area contributed by atoms with Crippen molar-refractivity contribution in [2.24, 2.45) is 0 Å². The average Bonchev–Trinajstić information content (AvgIpc) is 3.23. The molecule has 5 nitrogen and oxygen atoms in total. The summed E-state index contributed by atoms with van der Waals surface area (Å²) in [5, 5.41) is 0. The summed E-state index contributed by atoms with van der Waals surface area (Å²) in [6.07, 6.45) is 5.69. The van der Waals surface area contributed by atoms with Crippen LogP contribution >= 0.6 is 0 Å². The van der Waals surface area contributed by atoms with Crippen molar-refractivity contribution in [1.29, 1.82) is 0 Å². The Morgan fingerprint density at radius 3 is 2.65 bits per heavy atom. The van der Waals surface area contributed by atoms with E-state index >= 15 is 0 Å². The first-order chi connectivity index (χ1) is 9.65. The highest BCUT2D eigenvalue weighted by molar-refractivity contribution is 5.98. The second-order valence-electron chi connectivity index (χ2n) is 5.01. The van der Waals surface area contributed by atoms with Gasteiger partial charge in [-0.25, -0.2) is 4.98 Å². The molecule has 3 rings (SSSR count). The molecule has 0 aliphatic heterocycles. The van der Waals surface area contributed by atoms with Gasteiger partial charge in [-0.05, 0) is 31.0 Å².